The molecule has 0 fully saturated rings. The molecule has 1 atom stereocenters. The van der Waals surface area contributed by atoms with Gasteiger partial charge in [-0.3, -0.25) is 15.0 Å². The second-order valence-corrected chi connectivity index (χ2v) is 7.56. The van der Waals surface area contributed by atoms with Gasteiger partial charge >= 0.3 is 0 Å². The molecule has 1 aromatic heterocycles. The molecular weight excluding hydrogens is 350 g/mol. The minimum absolute atomic E-state index is 0.00249. The number of nitrogens with zero attached hydrogens (tertiary/aromatic N) is 3. The van der Waals surface area contributed by atoms with Gasteiger partial charge in [0.05, 0.1) is 11.0 Å². The fraction of sp³-hybridized carbons (Fsp3) is 0.304. The van der Waals surface area contributed by atoms with Crippen molar-refractivity contribution in [1.82, 2.24) is 9.47 Å². The van der Waals surface area contributed by atoms with E-state index in [9.17, 15) is 10.1 Å². The number of rotatable bonds is 4. The second kappa shape index (κ2) is 7.60. The topological polar surface area (TPSA) is 51.3 Å². The summed E-state index contributed by atoms with van der Waals surface area (Å²) in [4.78, 5) is 13.5. The molecule has 1 aliphatic rings. The van der Waals surface area contributed by atoms with Crippen LogP contribution in [0.3, 0.4) is 0 Å². The third kappa shape index (κ3) is 3.45. The summed E-state index contributed by atoms with van der Waals surface area (Å²) in [5.41, 5.74) is 6.24. The van der Waals surface area contributed by atoms with Crippen LogP contribution < -0.4 is 0 Å². The van der Waals surface area contributed by atoms with Crippen molar-refractivity contribution >= 4 is 5.69 Å². The summed E-state index contributed by atoms with van der Waals surface area (Å²) < 4.78 is 2.28. The summed E-state index contributed by atoms with van der Waals surface area (Å²) in [5.74, 6) is 0. The van der Waals surface area contributed by atoms with Crippen LogP contribution in [-0.2, 0) is 13.1 Å². The zero-order valence-electron chi connectivity index (χ0n) is 16.3. The second-order valence-electron chi connectivity index (χ2n) is 7.56. The monoisotopic (exact) mass is 375 g/mol. The van der Waals surface area contributed by atoms with E-state index in [0.29, 0.717) is 0 Å². The standard InChI is InChI=1S/C23H25N3O2/c1-17-7-3-9-20(18(17)2)16-25-14-6-13-24-12-5-11-22(24)23(25)19-8-4-10-21(15-19)26(27)28/h3-5,7-12,15,23H,6,13-14,16H2,1-2H3. The SMILES string of the molecule is Cc1cccc(CN2CCCn3cccc3C2c2cccc([N+](=O)[O-])c2)c1C. The van der Waals surface area contributed by atoms with Crippen LogP contribution in [0.15, 0.2) is 60.8 Å². The molecule has 144 valence electrons. The zero-order valence-corrected chi connectivity index (χ0v) is 16.3. The number of hydrogen-bond acceptors (Lipinski definition) is 3. The highest BCUT2D eigenvalue weighted by Crippen LogP contribution is 2.34. The van der Waals surface area contributed by atoms with Crippen LogP contribution in [0.1, 0.15) is 40.4 Å². The molecule has 0 amide bonds. The molecule has 0 bridgehead atoms. The molecule has 0 N–H and O–H groups in total. The number of non-ortho nitro benzene ring substituents is 1. The lowest BCUT2D eigenvalue weighted by Gasteiger charge is -2.31. The normalized spacial score (nSPS) is 17.1. The van der Waals surface area contributed by atoms with Crippen LogP contribution in [0.5, 0.6) is 0 Å². The molecule has 2 aromatic carbocycles. The highest BCUT2D eigenvalue weighted by atomic mass is 16.6. The molecule has 4 rings (SSSR count). The predicted molar refractivity (Wildman–Crippen MR) is 110 cm³/mol. The maximum Gasteiger partial charge on any atom is 0.269 e. The first-order valence-electron chi connectivity index (χ1n) is 9.73. The van der Waals surface area contributed by atoms with Gasteiger partial charge in [-0.25, -0.2) is 0 Å². The summed E-state index contributed by atoms with van der Waals surface area (Å²) in [6.07, 6.45) is 3.17. The molecule has 28 heavy (non-hydrogen) atoms. The molecule has 5 heteroatoms. The number of fused-ring (bicyclic) bond motifs is 1. The number of benzene rings is 2. The largest absolute Gasteiger partial charge is 0.350 e. The molecule has 3 aromatic rings. The first kappa shape index (κ1) is 18.4. The molecule has 5 nitrogen and oxygen atoms in total. The van der Waals surface area contributed by atoms with E-state index in [2.05, 4.69) is 59.8 Å². The van der Waals surface area contributed by atoms with Crippen LogP contribution in [0.2, 0.25) is 0 Å². The molecule has 1 aliphatic heterocycles. The van der Waals surface area contributed by atoms with Crippen LogP contribution in [-0.4, -0.2) is 20.9 Å². The Balaban J connectivity index is 1.78. The van der Waals surface area contributed by atoms with Crippen molar-refractivity contribution in [2.24, 2.45) is 0 Å². The number of aryl methyl sites for hydroxylation is 2. The number of aromatic nitrogens is 1. The third-order valence-electron chi connectivity index (χ3n) is 5.84. The summed E-state index contributed by atoms with van der Waals surface area (Å²) in [6, 6.07) is 17.8. The van der Waals surface area contributed by atoms with Crippen LogP contribution in [0.25, 0.3) is 0 Å². The zero-order chi connectivity index (χ0) is 19.7. The van der Waals surface area contributed by atoms with Crippen molar-refractivity contribution in [3.63, 3.8) is 0 Å². The average molecular weight is 375 g/mol. The Morgan fingerprint density at radius 2 is 1.89 bits per heavy atom. The van der Waals surface area contributed by atoms with Gasteiger partial charge in [0.1, 0.15) is 0 Å². The molecule has 0 spiro atoms. The number of nitro groups is 1. The van der Waals surface area contributed by atoms with Crippen molar-refractivity contribution in [1.29, 1.82) is 0 Å². The van der Waals surface area contributed by atoms with E-state index in [1.54, 1.807) is 18.2 Å². The maximum atomic E-state index is 11.3. The van der Waals surface area contributed by atoms with Gasteiger partial charge in [0.2, 0.25) is 0 Å². The van der Waals surface area contributed by atoms with E-state index in [-0.39, 0.29) is 16.7 Å². The van der Waals surface area contributed by atoms with E-state index in [4.69, 9.17) is 0 Å². The number of hydrogen-bond donors (Lipinski definition) is 0. The molecular formula is C23H25N3O2. The maximum absolute atomic E-state index is 11.3. The van der Waals surface area contributed by atoms with Gasteiger partial charge in [0.25, 0.3) is 5.69 Å². The first-order chi connectivity index (χ1) is 13.5. The quantitative estimate of drug-likeness (QED) is 0.476. The third-order valence-corrected chi connectivity index (χ3v) is 5.84. The Morgan fingerprint density at radius 3 is 2.71 bits per heavy atom. The van der Waals surface area contributed by atoms with Crippen LogP contribution >= 0.6 is 0 Å². The van der Waals surface area contributed by atoms with Gasteiger partial charge < -0.3 is 4.57 Å². The lowest BCUT2D eigenvalue weighted by Crippen LogP contribution is -2.30. The fourth-order valence-electron chi connectivity index (χ4n) is 4.20. The Bertz CT molecular complexity index is 1010. The van der Waals surface area contributed by atoms with E-state index >= 15 is 0 Å². The lowest BCUT2D eigenvalue weighted by molar-refractivity contribution is -0.384. The van der Waals surface area contributed by atoms with Gasteiger partial charge in [-0.15, -0.1) is 0 Å². The average Bonchev–Trinajstić information content (AvgIpc) is 3.07. The molecule has 0 saturated heterocycles. The minimum Gasteiger partial charge on any atom is -0.350 e. The molecule has 2 heterocycles. The summed E-state index contributed by atoms with van der Waals surface area (Å²) in [6.45, 7) is 7.06. The van der Waals surface area contributed by atoms with Crippen LogP contribution in [0, 0.1) is 24.0 Å². The molecule has 0 radical (unpaired) electrons. The Kier molecular flexibility index (Phi) is 5.01. The van der Waals surface area contributed by atoms with Crippen molar-refractivity contribution in [3.8, 4) is 0 Å². The predicted octanol–water partition coefficient (Wildman–Crippen LogP) is 5.01. The van der Waals surface area contributed by atoms with Gasteiger partial charge in [-0.2, -0.15) is 0 Å². The number of nitro benzene ring substituents is 1. The van der Waals surface area contributed by atoms with E-state index in [1.165, 1.54) is 22.4 Å². The Morgan fingerprint density at radius 1 is 1.07 bits per heavy atom. The van der Waals surface area contributed by atoms with Crippen molar-refractivity contribution in [2.75, 3.05) is 6.54 Å². The van der Waals surface area contributed by atoms with Crippen molar-refractivity contribution in [3.05, 3.63) is 98.9 Å². The summed E-state index contributed by atoms with van der Waals surface area (Å²) in [7, 11) is 0. The van der Waals surface area contributed by atoms with Crippen molar-refractivity contribution < 1.29 is 4.92 Å². The Labute approximate surface area is 165 Å². The lowest BCUT2D eigenvalue weighted by atomic mass is 9.98. The first-order valence-corrected chi connectivity index (χ1v) is 9.73. The van der Waals surface area contributed by atoms with E-state index in [0.717, 1.165) is 31.6 Å². The molecule has 0 aliphatic carbocycles. The van der Waals surface area contributed by atoms with E-state index in [1.807, 2.05) is 6.07 Å². The van der Waals surface area contributed by atoms with Crippen LogP contribution in [0.4, 0.5) is 5.69 Å². The van der Waals surface area contributed by atoms with Gasteiger partial charge in [0, 0.05) is 43.7 Å². The van der Waals surface area contributed by atoms with Crippen molar-refractivity contribution in [2.45, 2.75) is 39.4 Å². The fourth-order valence-corrected chi connectivity index (χ4v) is 4.20. The highest BCUT2D eigenvalue weighted by molar-refractivity contribution is 5.40. The molecule has 0 saturated carbocycles. The molecule has 1 unspecified atom stereocenters. The minimum atomic E-state index is -0.311. The summed E-state index contributed by atoms with van der Waals surface area (Å²) in [5, 5.41) is 11.3. The highest BCUT2D eigenvalue weighted by Gasteiger charge is 2.28. The van der Waals surface area contributed by atoms with Gasteiger partial charge in [-0.05, 0) is 54.7 Å². The Hall–Kier alpha value is -2.92. The van der Waals surface area contributed by atoms with E-state index < -0.39 is 0 Å². The summed E-state index contributed by atoms with van der Waals surface area (Å²) >= 11 is 0. The van der Waals surface area contributed by atoms with Gasteiger partial charge in [-0.1, -0.05) is 30.3 Å². The smallest absolute Gasteiger partial charge is 0.269 e. The van der Waals surface area contributed by atoms with Gasteiger partial charge in [0.15, 0.2) is 0 Å².